The predicted octanol–water partition coefficient (Wildman–Crippen LogP) is -1.17. The molecule has 0 radical (unpaired) electrons. The molecule has 1 aromatic heterocycles. The van der Waals surface area contributed by atoms with Gasteiger partial charge in [-0.1, -0.05) is 0 Å². The highest BCUT2D eigenvalue weighted by Crippen LogP contribution is 1.88. The number of carbonyl (C=O) groups excluding carboxylic acids is 1. The first-order valence-electron chi connectivity index (χ1n) is 4.52. The molecule has 0 saturated heterocycles. The molecule has 7 heteroatoms. The molecule has 0 fully saturated rings. The van der Waals surface area contributed by atoms with Crippen LogP contribution in [0, 0.1) is 0 Å². The summed E-state index contributed by atoms with van der Waals surface area (Å²) >= 11 is 0. The maximum absolute atomic E-state index is 11.3. The lowest BCUT2D eigenvalue weighted by Crippen LogP contribution is -2.44. The number of aliphatic carboxylic acids is 1. The average molecular weight is 225 g/mol. The number of nitrogens with zero attached hydrogens (tertiary/aromatic N) is 2. The lowest BCUT2D eigenvalue weighted by Gasteiger charge is -2.13. The Morgan fingerprint density at radius 2 is 2.31 bits per heavy atom. The molecule has 0 aromatic carbocycles. The van der Waals surface area contributed by atoms with Crippen molar-refractivity contribution in [1.82, 2.24) is 15.1 Å². The van der Waals surface area contributed by atoms with E-state index in [2.05, 4.69) is 10.4 Å². The molecule has 0 aliphatic heterocycles. The van der Waals surface area contributed by atoms with Crippen LogP contribution in [0.2, 0.25) is 0 Å². The summed E-state index contributed by atoms with van der Waals surface area (Å²) in [7, 11) is 0. The summed E-state index contributed by atoms with van der Waals surface area (Å²) in [4.78, 5) is 32.8. The number of rotatable bonds is 4. The number of hydrogen-bond donors (Lipinski definition) is 2. The molecule has 0 spiro atoms. The minimum Gasteiger partial charge on any atom is -0.480 e. The van der Waals surface area contributed by atoms with Crippen LogP contribution in [0.5, 0.6) is 0 Å². The predicted molar refractivity (Wildman–Crippen MR) is 53.7 cm³/mol. The highest BCUT2D eigenvalue weighted by Gasteiger charge is 2.19. The normalized spacial score (nSPS) is 11.8. The zero-order chi connectivity index (χ0) is 12.1. The minimum absolute atomic E-state index is 0.200. The Kier molecular flexibility index (Phi) is 3.76. The van der Waals surface area contributed by atoms with Gasteiger partial charge in [-0.2, -0.15) is 5.10 Å². The monoisotopic (exact) mass is 225 g/mol. The van der Waals surface area contributed by atoms with Crippen molar-refractivity contribution in [3.8, 4) is 0 Å². The molecule has 2 N–H and O–H groups in total. The van der Waals surface area contributed by atoms with E-state index < -0.39 is 23.5 Å². The molecule has 16 heavy (non-hydrogen) atoms. The van der Waals surface area contributed by atoms with Crippen molar-refractivity contribution in [2.75, 3.05) is 0 Å². The van der Waals surface area contributed by atoms with Gasteiger partial charge >= 0.3 is 5.97 Å². The molecule has 1 amide bonds. The molecule has 1 unspecified atom stereocenters. The van der Waals surface area contributed by atoms with Crippen LogP contribution in [-0.4, -0.2) is 32.8 Å². The first-order valence-corrected chi connectivity index (χ1v) is 4.52. The first-order chi connectivity index (χ1) is 7.50. The largest absolute Gasteiger partial charge is 0.480 e. The molecule has 86 valence electrons. The van der Waals surface area contributed by atoms with Crippen molar-refractivity contribution in [1.29, 1.82) is 0 Å². The van der Waals surface area contributed by atoms with E-state index in [-0.39, 0.29) is 6.54 Å². The third-order valence-corrected chi connectivity index (χ3v) is 1.82. The number of carboxylic acid groups (broad SMARTS) is 1. The molecular weight excluding hydrogens is 214 g/mol. The molecule has 1 rings (SSSR count). The van der Waals surface area contributed by atoms with E-state index in [9.17, 15) is 14.4 Å². The summed E-state index contributed by atoms with van der Waals surface area (Å²) < 4.78 is 0.981. The van der Waals surface area contributed by atoms with Gasteiger partial charge in [0.1, 0.15) is 6.04 Å². The van der Waals surface area contributed by atoms with E-state index in [4.69, 9.17) is 5.11 Å². The number of nitrogens with one attached hydrogen (secondary N) is 1. The van der Waals surface area contributed by atoms with Gasteiger partial charge in [0, 0.05) is 19.2 Å². The quantitative estimate of drug-likeness (QED) is 0.672. The van der Waals surface area contributed by atoms with Crippen LogP contribution in [-0.2, 0) is 16.1 Å². The zero-order valence-corrected chi connectivity index (χ0v) is 8.58. The summed E-state index contributed by atoms with van der Waals surface area (Å²) in [6.45, 7) is 1.01. The van der Waals surface area contributed by atoms with E-state index in [1.165, 1.54) is 25.3 Å². The Bertz CT molecular complexity index is 454. The zero-order valence-electron chi connectivity index (χ0n) is 8.58. The summed E-state index contributed by atoms with van der Waals surface area (Å²) in [5.41, 5.74) is -0.417. The highest BCUT2D eigenvalue weighted by molar-refractivity contribution is 5.81. The highest BCUT2D eigenvalue weighted by atomic mass is 16.4. The maximum Gasteiger partial charge on any atom is 0.328 e. The van der Waals surface area contributed by atoms with E-state index >= 15 is 0 Å². The van der Waals surface area contributed by atoms with Crippen LogP contribution in [0.4, 0.5) is 0 Å². The fourth-order valence-electron chi connectivity index (χ4n) is 1.13. The van der Waals surface area contributed by atoms with E-state index in [1.54, 1.807) is 0 Å². The molecule has 1 atom stereocenters. The van der Waals surface area contributed by atoms with E-state index in [0.29, 0.717) is 0 Å². The Morgan fingerprint density at radius 1 is 1.62 bits per heavy atom. The molecule has 7 nitrogen and oxygen atoms in total. The Hall–Kier alpha value is -2.18. The Labute approximate surface area is 90.7 Å². The van der Waals surface area contributed by atoms with Crippen molar-refractivity contribution in [3.63, 3.8) is 0 Å². The van der Waals surface area contributed by atoms with Gasteiger partial charge in [0.2, 0.25) is 5.91 Å². The Balaban J connectivity index is 2.84. The van der Waals surface area contributed by atoms with Gasteiger partial charge in [0.25, 0.3) is 5.56 Å². The fourth-order valence-corrected chi connectivity index (χ4v) is 1.13. The van der Waals surface area contributed by atoms with Gasteiger partial charge in [-0.25, -0.2) is 9.48 Å². The summed E-state index contributed by atoms with van der Waals surface area (Å²) in [5.74, 6) is -1.69. The third-order valence-electron chi connectivity index (χ3n) is 1.82. The smallest absolute Gasteiger partial charge is 0.328 e. The van der Waals surface area contributed by atoms with Gasteiger partial charge in [0.05, 0.1) is 6.54 Å². The fraction of sp³-hybridized carbons (Fsp3) is 0.333. The molecule has 0 bridgehead atoms. The van der Waals surface area contributed by atoms with Crippen LogP contribution in [0.3, 0.4) is 0 Å². The molecule has 1 aromatic rings. The van der Waals surface area contributed by atoms with Gasteiger partial charge in [-0.05, 0) is 6.07 Å². The summed E-state index contributed by atoms with van der Waals surface area (Å²) in [6, 6.07) is 1.55. The first kappa shape index (κ1) is 11.9. The molecule has 0 saturated carbocycles. The topological polar surface area (TPSA) is 101 Å². The van der Waals surface area contributed by atoms with E-state index in [1.807, 2.05) is 0 Å². The summed E-state index contributed by atoms with van der Waals surface area (Å²) in [6.07, 6.45) is 1.37. The van der Waals surface area contributed by atoms with Crippen LogP contribution in [0.25, 0.3) is 0 Å². The molecular formula is C9H11N3O4. The standard InChI is InChI=1S/C9H11N3O4/c1-6(13)11-7(9(15)16)5-12-8(14)3-2-4-10-12/h2-4,7H,5H2,1H3,(H,11,13)(H,15,16). The SMILES string of the molecule is CC(=O)NC(Cn1ncccc1=O)C(=O)O. The van der Waals surface area contributed by atoms with Crippen molar-refractivity contribution in [2.24, 2.45) is 0 Å². The van der Waals surface area contributed by atoms with Crippen molar-refractivity contribution in [2.45, 2.75) is 19.5 Å². The van der Waals surface area contributed by atoms with E-state index in [0.717, 1.165) is 4.68 Å². The lowest BCUT2D eigenvalue weighted by molar-refractivity contribution is -0.142. The molecule has 1 heterocycles. The van der Waals surface area contributed by atoms with Gasteiger partial charge in [-0.3, -0.25) is 9.59 Å². The number of amides is 1. The second-order valence-electron chi connectivity index (χ2n) is 3.14. The van der Waals surface area contributed by atoms with Crippen molar-refractivity contribution >= 4 is 11.9 Å². The lowest BCUT2D eigenvalue weighted by atomic mass is 10.3. The number of aromatic nitrogens is 2. The second-order valence-corrected chi connectivity index (χ2v) is 3.14. The maximum atomic E-state index is 11.3. The second kappa shape index (κ2) is 5.06. The molecule has 0 aliphatic carbocycles. The number of hydrogen-bond acceptors (Lipinski definition) is 4. The third kappa shape index (κ3) is 3.19. The number of carbonyl (C=O) groups is 2. The Morgan fingerprint density at radius 3 is 2.81 bits per heavy atom. The van der Waals surface area contributed by atoms with Gasteiger partial charge < -0.3 is 10.4 Å². The number of carboxylic acids is 1. The van der Waals surface area contributed by atoms with Gasteiger partial charge in [0.15, 0.2) is 0 Å². The van der Waals surface area contributed by atoms with Gasteiger partial charge in [-0.15, -0.1) is 0 Å². The molecule has 0 aliphatic rings. The van der Waals surface area contributed by atoms with Crippen LogP contribution in [0.1, 0.15) is 6.92 Å². The van der Waals surface area contributed by atoms with Crippen LogP contribution in [0.15, 0.2) is 23.1 Å². The summed E-state index contributed by atoms with van der Waals surface area (Å²) in [5, 5.41) is 14.7. The minimum atomic E-state index is -1.22. The average Bonchev–Trinajstić information content (AvgIpc) is 2.19. The van der Waals surface area contributed by atoms with Crippen molar-refractivity contribution < 1.29 is 14.7 Å². The van der Waals surface area contributed by atoms with Crippen LogP contribution < -0.4 is 10.9 Å². The van der Waals surface area contributed by atoms with Crippen molar-refractivity contribution in [3.05, 3.63) is 28.7 Å². The van der Waals surface area contributed by atoms with Crippen LogP contribution >= 0.6 is 0 Å².